The molecule has 0 aliphatic carbocycles. The van der Waals surface area contributed by atoms with Gasteiger partial charge in [-0.1, -0.05) is 6.07 Å². The third-order valence-corrected chi connectivity index (χ3v) is 4.26. The number of piperazine rings is 1. The molecule has 1 aliphatic rings. The van der Waals surface area contributed by atoms with Crippen molar-refractivity contribution >= 4 is 27.6 Å². The smallest absolute Gasteiger partial charge is 0.330 e. The standard InChI is InChI=1S/C16H21BrF2N2O2/c1-16(2,3)15(22)23-21-8-6-20(7-9-21)13-5-4-11(14(18)19)10-12(13)17/h4-5,10,14H,6-9H2,1-3H3. The van der Waals surface area contributed by atoms with Gasteiger partial charge in [0.25, 0.3) is 6.43 Å². The molecule has 0 saturated carbocycles. The van der Waals surface area contributed by atoms with Crippen molar-refractivity contribution in [2.24, 2.45) is 5.41 Å². The van der Waals surface area contributed by atoms with Gasteiger partial charge in [0.1, 0.15) is 0 Å². The van der Waals surface area contributed by atoms with Crippen LogP contribution in [0.25, 0.3) is 0 Å². The Labute approximate surface area is 143 Å². The van der Waals surface area contributed by atoms with Crippen LogP contribution in [0.2, 0.25) is 0 Å². The number of anilines is 1. The number of halogens is 3. The molecule has 0 atom stereocenters. The van der Waals surface area contributed by atoms with Crippen molar-refractivity contribution in [3.05, 3.63) is 28.2 Å². The van der Waals surface area contributed by atoms with Gasteiger partial charge in [-0.2, -0.15) is 0 Å². The Morgan fingerprint density at radius 2 is 1.83 bits per heavy atom. The summed E-state index contributed by atoms with van der Waals surface area (Å²) in [6, 6.07) is 4.59. The van der Waals surface area contributed by atoms with Crippen molar-refractivity contribution in [2.75, 3.05) is 31.1 Å². The van der Waals surface area contributed by atoms with Gasteiger partial charge in [0, 0.05) is 23.1 Å². The summed E-state index contributed by atoms with van der Waals surface area (Å²) in [5.41, 5.74) is 0.334. The first-order chi connectivity index (χ1) is 10.7. The van der Waals surface area contributed by atoms with E-state index in [1.54, 1.807) is 11.1 Å². The van der Waals surface area contributed by atoms with Gasteiger partial charge in [0.2, 0.25) is 0 Å². The van der Waals surface area contributed by atoms with Crippen molar-refractivity contribution in [3.8, 4) is 0 Å². The Balaban J connectivity index is 1.96. The van der Waals surface area contributed by atoms with E-state index >= 15 is 0 Å². The van der Waals surface area contributed by atoms with Gasteiger partial charge >= 0.3 is 5.97 Å². The van der Waals surface area contributed by atoms with Gasteiger partial charge in [-0.15, -0.1) is 5.06 Å². The summed E-state index contributed by atoms with van der Waals surface area (Å²) in [4.78, 5) is 19.3. The zero-order valence-corrected chi connectivity index (χ0v) is 15.1. The molecule has 128 valence electrons. The van der Waals surface area contributed by atoms with Crippen LogP contribution in [0.4, 0.5) is 14.5 Å². The molecule has 1 heterocycles. The highest BCUT2D eigenvalue weighted by Crippen LogP contribution is 2.31. The van der Waals surface area contributed by atoms with E-state index in [0.717, 1.165) is 5.69 Å². The second kappa shape index (κ2) is 7.13. The van der Waals surface area contributed by atoms with Crippen LogP contribution in [0.3, 0.4) is 0 Å². The van der Waals surface area contributed by atoms with E-state index in [1.165, 1.54) is 12.1 Å². The fraction of sp³-hybridized carbons (Fsp3) is 0.562. The van der Waals surface area contributed by atoms with E-state index in [9.17, 15) is 13.6 Å². The number of nitrogens with zero attached hydrogens (tertiary/aromatic N) is 2. The molecule has 1 aromatic carbocycles. The first kappa shape index (κ1) is 18.1. The summed E-state index contributed by atoms with van der Waals surface area (Å²) in [5.74, 6) is -0.256. The molecule has 0 N–H and O–H groups in total. The summed E-state index contributed by atoms with van der Waals surface area (Å²) < 4.78 is 26.0. The van der Waals surface area contributed by atoms with Crippen LogP contribution in [0.1, 0.15) is 32.8 Å². The molecule has 1 aromatic rings. The number of hydroxylamine groups is 2. The summed E-state index contributed by atoms with van der Waals surface area (Å²) >= 11 is 3.36. The highest BCUT2D eigenvalue weighted by molar-refractivity contribution is 9.10. The zero-order valence-electron chi connectivity index (χ0n) is 13.5. The number of carbonyl (C=O) groups excluding carboxylic acids is 1. The number of alkyl halides is 2. The van der Waals surface area contributed by atoms with E-state index in [1.807, 2.05) is 20.8 Å². The molecule has 0 spiro atoms. The van der Waals surface area contributed by atoms with Crippen LogP contribution in [0.15, 0.2) is 22.7 Å². The molecule has 23 heavy (non-hydrogen) atoms. The maximum atomic E-state index is 12.7. The molecule has 2 rings (SSSR count). The summed E-state index contributed by atoms with van der Waals surface area (Å²) in [7, 11) is 0. The number of hydrogen-bond acceptors (Lipinski definition) is 4. The van der Waals surface area contributed by atoms with Gasteiger partial charge in [-0.3, -0.25) is 0 Å². The Morgan fingerprint density at radius 3 is 2.30 bits per heavy atom. The van der Waals surface area contributed by atoms with E-state index in [2.05, 4.69) is 20.8 Å². The van der Waals surface area contributed by atoms with Crippen molar-refractivity contribution in [3.63, 3.8) is 0 Å². The van der Waals surface area contributed by atoms with Crippen LogP contribution in [0, 0.1) is 5.41 Å². The Bertz CT molecular complexity index is 568. The van der Waals surface area contributed by atoms with Crippen LogP contribution < -0.4 is 4.90 Å². The predicted octanol–water partition coefficient (Wildman–Crippen LogP) is 4.01. The largest absolute Gasteiger partial charge is 0.368 e. The first-order valence-corrected chi connectivity index (χ1v) is 8.27. The summed E-state index contributed by atoms with van der Waals surface area (Å²) in [6.07, 6.45) is -2.48. The minimum Gasteiger partial charge on any atom is -0.368 e. The van der Waals surface area contributed by atoms with E-state index in [0.29, 0.717) is 30.7 Å². The summed E-state index contributed by atoms with van der Waals surface area (Å²) in [5, 5.41) is 1.66. The van der Waals surface area contributed by atoms with Crippen LogP contribution >= 0.6 is 15.9 Å². The number of carbonyl (C=O) groups is 1. The third-order valence-electron chi connectivity index (χ3n) is 3.63. The van der Waals surface area contributed by atoms with Gasteiger partial charge in [-0.25, -0.2) is 13.6 Å². The molecular formula is C16H21BrF2N2O2. The lowest BCUT2D eigenvalue weighted by molar-refractivity contribution is -0.201. The fourth-order valence-electron chi connectivity index (χ4n) is 2.19. The molecule has 0 unspecified atom stereocenters. The predicted molar refractivity (Wildman–Crippen MR) is 88.4 cm³/mol. The molecule has 7 heteroatoms. The molecule has 1 fully saturated rings. The van der Waals surface area contributed by atoms with E-state index < -0.39 is 11.8 Å². The Morgan fingerprint density at radius 1 is 1.22 bits per heavy atom. The minimum atomic E-state index is -2.48. The van der Waals surface area contributed by atoms with Crippen molar-refractivity contribution in [2.45, 2.75) is 27.2 Å². The van der Waals surface area contributed by atoms with E-state index in [-0.39, 0.29) is 11.5 Å². The lowest BCUT2D eigenvalue weighted by Gasteiger charge is -2.36. The fourth-order valence-corrected chi connectivity index (χ4v) is 2.84. The number of hydrogen-bond donors (Lipinski definition) is 0. The van der Waals surface area contributed by atoms with Crippen molar-refractivity contribution < 1.29 is 18.4 Å². The molecular weight excluding hydrogens is 370 g/mol. The van der Waals surface area contributed by atoms with Crippen LogP contribution in [0.5, 0.6) is 0 Å². The normalized spacial score (nSPS) is 16.7. The van der Waals surface area contributed by atoms with Gasteiger partial charge in [0.15, 0.2) is 0 Å². The lowest BCUT2D eigenvalue weighted by atomic mass is 9.98. The first-order valence-electron chi connectivity index (χ1n) is 7.48. The highest BCUT2D eigenvalue weighted by Gasteiger charge is 2.28. The van der Waals surface area contributed by atoms with Crippen LogP contribution in [-0.2, 0) is 9.63 Å². The minimum absolute atomic E-state index is 0.00151. The molecule has 0 bridgehead atoms. The maximum Gasteiger partial charge on any atom is 0.330 e. The number of benzene rings is 1. The topological polar surface area (TPSA) is 32.8 Å². The average Bonchev–Trinajstić information content (AvgIpc) is 2.47. The van der Waals surface area contributed by atoms with Gasteiger partial charge < -0.3 is 9.74 Å². The molecule has 1 saturated heterocycles. The molecule has 0 aromatic heterocycles. The molecule has 4 nitrogen and oxygen atoms in total. The second-order valence-electron chi connectivity index (χ2n) is 6.56. The second-order valence-corrected chi connectivity index (χ2v) is 7.41. The average molecular weight is 391 g/mol. The highest BCUT2D eigenvalue weighted by atomic mass is 79.9. The Hall–Kier alpha value is -1.21. The van der Waals surface area contributed by atoms with Gasteiger partial charge in [0.05, 0.1) is 24.2 Å². The zero-order chi connectivity index (χ0) is 17.2. The number of rotatable bonds is 3. The molecule has 0 amide bonds. The van der Waals surface area contributed by atoms with Crippen LogP contribution in [-0.4, -0.2) is 37.2 Å². The third kappa shape index (κ3) is 4.64. The quantitative estimate of drug-likeness (QED) is 0.780. The molecule has 1 aliphatic heterocycles. The summed E-state index contributed by atoms with van der Waals surface area (Å²) in [6.45, 7) is 7.90. The Kier molecular flexibility index (Phi) is 5.62. The maximum absolute atomic E-state index is 12.7. The monoisotopic (exact) mass is 390 g/mol. The SMILES string of the molecule is CC(C)(C)C(=O)ON1CCN(c2ccc(C(F)F)cc2Br)CC1. The molecule has 0 radical (unpaired) electrons. The van der Waals surface area contributed by atoms with Crippen molar-refractivity contribution in [1.82, 2.24) is 5.06 Å². The van der Waals surface area contributed by atoms with Gasteiger partial charge in [-0.05, 0) is 48.8 Å². The van der Waals surface area contributed by atoms with E-state index in [4.69, 9.17) is 4.84 Å². The van der Waals surface area contributed by atoms with Crippen molar-refractivity contribution in [1.29, 1.82) is 0 Å². The lowest BCUT2D eigenvalue weighted by Crippen LogP contribution is -2.48.